The third-order valence-electron chi connectivity index (χ3n) is 4.34. The summed E-state index contributed by atoms with van der Waals surface area (Å²) in [6.45, 7) is 4.12. The summed E-state index contributed by atoms with van der Waals surface area (Å²) in [5.74, 6) is 1.19. The fourth-order valence-corrected chi connectivity index (χ4v) is 4.03. The second kappa shape index (κ2) is 6.14. The van der Waals surface area contributed by atoms with Crippen LogP contribution in [0.2, 0.25) is 0 Å². The Morgan fingerprint density at radius 3 is 3.10 bits per heavy atom. The van der Waals surface area contributed by atoms with Crippen LogP contribution in [0.5, 0.6) is 0 Å². The number of aromatic nitrogens is 2. The van der Waals surface area contributed by atoms with Gasteiger partial charge in [0.25, 0.3) is 0 Å². The van der Waals surface area contributed by atoms with E-state index >= 15 is 0 Å². The maximum absolute atomic E-state index is 5.82. The smallest absolute Gasteiger partial charge is 0.195 e. The first-order valence-corrected chi connectivity index (χ1v) is 8.64. The summed E-state index contributed by atoms with van der Waals surface area (Å²) in [5.41, 5.74) is 7.12. The molecule has 2 N–H and O–H groups in total. The van der Waals surface area contributed by atoms with Crippen molar-refractivity contribution in [3.05, 3.63) is 17.3 Å². The van der Waals surface area contributed by atoms with Gasteiger partial charge in [-0.05, 0) is 25.8 Å². The van der Waals surface area contributed by atoms with E-state index < -0.39 is 0 Å². The highest BCUT2D eigenvalue weighted by Crippen LogP contribution is 2.30. The van der Waals surface area contributed by atoms with Gasteiger partial charge in [-0.2, -0.15) is 0 Å². The number of anilines is 1. The molecule has 20 heavy (non-hydrogen) atoms. The van der Waals surface area contributed by atoms with E-state index in [4.69, 9.17) is 10.7 Å². The Kier molecular flexibility index (Phi) is 4.27. The highest BCUT2D eigenvalue weighted by Gasteiger charge is 2.25. The van der Waals surface area contributed by atoms with Crippen LogP contribution in [0, 0.1) is 0 Å². The molecule has 2 aromatic rings. The van der Waals surface area contributed by atoms with E-state index in [0.29, 0.717) is 12.6 Å². The Labute approximate surface area is 124 Å². The Morgan fingerprint density at radius 1 is 1.40 bits per heavy atom. The standard InChI is InChI=1S/C15H24N4S/c1-2-12-6-4-3-5-9-18(12)14-13(7-8-16)19-10-11-20-15(19)17-14/h10-12H,2-9,16H2,1H3. The molecule has 5 heteroatoms. The van der Waals surface area contributed by atoms with Crippen molar-refractivity contribution in [1.29, 1.82) is 0 Å². The normalized spacial score (nSPS) is 20.5. The molecule has 1 saturated heterocycles. The average Bonchev–Trinajstić information content (AvgIpc) is 2.94. The average molecular weight is 292 g/mol. The second-order valence-corrected chi connectivity index (χ2v) is 6.45. The van der Waals surface area contributed by atoms with Gasteiger partial charge in [0, 0.05) is 30.6 Å². The van der Waals surface area contributed by atoms with Crippen LogP contribution >= 0.6 is 11.3 Å². The van der Waals surface area contributed by atoms with Crippen molar-refractivity contribution >= 4 is 22.1 Å². The molecule has 0 saturated carbocycles. The zero-order valence-corrected chi connectivity index (χ0v) is 13.0. The lowest BCUT2D eigenvalue weighted by Gasteiger charge is -2.30. The van der Waals surface area contributed by atoms with E-state index in [2.05, 4.69) is 27.8 Å². The summed E-state index contributed by atoms with van der Waals surface area (Å²) in [5, 5.41) is 2.10. The van der Waals surface area contributed by atoms with Crippen molar-refractivity contribution < 1.29 is 0 Å². The van der Waals surface area contributed by atoms with E-state index in [1.54, 1.807) is 11.3 Å². The summed E-state index contributed by atoms with van der Waals surface area (Å²) < 4.78 is 2.23. The number of hydrogen-bond donors (Lipinski definition) is 1. The molecular weight excluding hydrogens is 268 g/mol. The molecule has 0 spiro atoms. The van der Waals surface area contributed by atoms with Crippen LogP contribution in [-0.4, -0.2) is 28.5 Å². The number of thiazole rings is 1. The molecule has 110 valence electrons. The quantitative estimate of drug-likeness (QED) is 0.942. The first-order valence-electron chi connectivity index (χ1n) is 7.76. The zero-order chi connectivity index (χ0) is 13.9. The Balaban J connectivity index is 2.01. The number of rotatable bonds is 4. The molecule has 2 aromatic heterocycles. The maximum Gasteiger partial charge on any atom is 0.195 e. The number of hydrogen-bond acceptors (Lipinski definition) is 4. The monoisotopic (exact) mass is 292 g/mol. The van der Waals surface area contributed by atoms with Crippen molar-refractivity contribution in [2.45, 2.75) is 51.5 Å². The summed E-state index contributed by atoms with van der Waals surface area (Å²) in [6, 6.07) is 0.638. The van der Waals surface area contributed by atoms with Crippen molar-refractivity contribution in [2.24, 2.45) is 5.73 Å². The lowest BCUT2D eigenvalue weighted by molar-refractivity contribution is 0.551. The number of fused-ring (bicyclic) bond motifs is 1. The van der Waals surface area contributed by atoms with Crippen molar-refractivity contribution in [2.75, 3.05) is 18.0 Å². The minimum absolute atomic E-state index is 0.638. The third kappa shape index (κ3) is 2.44. The molecule has 4 nitrogen and oxygen atoms in total. The SMILES string of the molecule is CCC1CCCCCN1c1nc2sccn2c1CCN. The van der Waals surface area contributed by atoms with Gasteiger partial charge < -0.3 is 10.6 Å². The number of imidazole rings is 1. The summed E-state index contributed by atoms with van der Waals surface area (Å²) >= 11 is 1.71. The van der Waals surface area contributed by atoms with Gasteiger partial charge >= 0.3 is 0 Å². The molecule has 3 heterocycles. The highest BCUT2D eigenvalue weighted by atomic mass is 32.1. The lowest BCUT2D eigenvalue weighted by atomic mass is 10.1. The largest absolute Gasteiger partial charge is 0.352 e. The second-order valence-electron chi connectivity index (χ2n) is 5.58. The highest BCUT2D eigenvalue weighted by molar-refractivity contribution is 7.15. The van der Waals surface area contributed by atoms with Gasteiger partial charge in [0.15, 0.2) is 10.8 Å². The molecule has 0 bridgehead atoms. The Morgan fingerprint density at radius 2 is 2.30 bits per heavy atom. The topological polar surface area (TPSA) is 46.6 Å². The summed E-state index contributed by atoms with van der Waals surface area (Å²) in [4.78, 5) is 8.56. The molecule has 1 unspecified atom stereocenters. The number of nitrogens with two attached hydrogens (primary N) is 1. The molecule has 3 rings (SSSR count). The predicted molar refractivity (Wildman–Crippen MR) is 85.7 cm³/mol. The van der Waals surface area contributed by atoms with E-state index in [1.807, 2.05) is 0 Å². The Bertz CT molecular complexity index is 559. The maximum atomic E-state index is 5.82. The van der Waals surface area contributed by atoms with Gasteiger partial charge in [-0.1, -0.05) is 19.8 Å². The minimum atomic E-state index is 0.638. The summed E-state index contributed by atoms with van der Waals surface area (Å²) in [7, 11) is 0. The molecule has 1 aliphatic heterocycles. The van der Waals surface area contributed by atoms with Gasteiger partial charge in [-0.15, -0.1) is 11.3 Å². The van der Waals surface area contributed by atoms with Crippen molar-refractivity contribution in [3.8, 4) is 0 Å². The molecule has 0 aliphatic carbocycles. The van der Waals surface area contributed by atoms with Crippen LogP contribution in [0.1, 0.15) is 44.7 Å². The number of nitrogens with zero attached hydrogens (tertiary/aromatic N) is 3. The van der Waals surface area contributed by atoms with Gasteiger partial charge in [0.2, 0.25) is 0 Å². The van der Waals surface area contributed by atoms with Crippen LogP contribution in [0.4, 0.5) is 5.82 Å². The first kappa shape index (κ1) is 13.9. The van der Waals surface area contributed by atoms with Gasteiger partial charge in [0.1, 0.15) is 0 Å². The molecule has 0 radical (unpaired) electrons. The molecule has 0 amide bonds. The van der Waals surface area contributed by atoms with Crippen LogP contribution < -0.4 is 10.6 Å². The molecule has 1 atom stereocenters. The molecule has 1 aliphatic rings. The van der Waals surface area contributed by atoms with E-state index in [9.17, 15) is 0 Å². The lowest BCUT2D eigenvalue weighted by Crippen LogP contribution is -2.35. The van der Waals surface area contributed by atoms with Gasteiger partial charge in [-0.25, -0.2) is 4.98 Å². The van der Waals surface area contributed by atoms with Crippen LogP contribution in [0.3, 0.4) is 0 Å². The molecule has 1 fully saturated rings. The minimum Gasteiger partial charge on any atom is -0.352 e. The van der Waals surface area contributed by atoms with Crippen LogP contribution in [0.15, 0.2) is 11.6 Å². The predicted octanol–water partition coefficient (Wildman–Crippen LogP) is 3.06. The first-order chi connectivity index (χ1) is 9.85. The van der Waals surface area contributed by atoms with Gasteiger partial charge in [0.05, 0.1) is 5.69 Å². The third-order valence-corrected chi connectivity index (χ3v) is 5.10. The van der Waals surface area contributed by atoms with Crippen LogP contribution in [0.25, 0.3) is 4.96 Å². The van der Waals surface area contributed by atoms with Crippen molar-refractivity contribution in [1.82, 2.24) is 9.38 Å². The molecule has 0 aromatic carbocycles. The molecular formula is C15H24N4S. The van der Waals surface area contributed by atoms with E-state index in [0.717, 1.165) is 17.9 Å². The van der Waals surface area contributed by atoms with E-state index in [1.165, 1.54) is 43.6 Å². The van der Waals surface area contributed by atoms with E-state index in [-0.39, 0.29) is 0 Å². The fourth-order valence-electron chi connectivity index (χ4n) is 3.30. The Hall–Kier alpha value is -1.07. The fraction of sp³-hybridized carbons (Fsp3) is 0.667. The van der Waals surface area contributed by atoms with Gasteiger partial charge in [-0.3, -0.25) is 4.40 Å². The summed E-state index contributed by atoms with van der Waals surface area (Å²) in [6.07, 6.45) is 9.51. The zero-order valence-electron chi connectivity index (χ0n) is 12.2. The van der Waals surface area contributed by atoms with Crippen molar-refractivity contribution in [3.63, 3.8) is 0 Å². The van der Waals surface area contributed by atoms with Crippen LogP contribution in [-0.2, 0) is 6.42 Å².